The second-order valence-corrected chi connectivity index (χ2v) is 6.75. The number of amides is 2. The summed E-state index contributed by atoms with van der Waals surface area (Å²) >= 11 is 3.45. The SMILES string of the molecule is O=C(Cn1ccc2cc(Br)ccc21)NCCCN1CCCC1=O. The molecule has 0 unspecified atom stereocenters. The van der Waals surface area contributed by atoms with E-state index in [2.05, 4.69) is 21.2 Å². The molecule has 0 aliphatic carbocycles. The molecule has 23 heavy (non-hydrogen) atoms. The lowest BCUT2D eigenvalue weighted by Crippen LogP contribution is -2.32. The van der Waals surface area contributed by atoms with Crippen LogP contribution in [0.5, 0.6) is 0 Å². The summed E-state index contributed by atoms with van der Waals surface area (Å²) in [6, 6.07) is 8.03. The number of hydrogen-bond donors (Lipinski definition) is 1. The molecule has 1 fully saturated rings. The molecule has 2 amide bonds. The van der Waals surface area contributed by atoms with Gasteiger partial charge in [-0.05, 0) is 37.1 Å². The van der Waals surface area contributed by atoms with Crippen LogP contribution in [0.25, 0.3) is 10.9 Å². The first-order chi connectivity index (χ1) is 11.1. The summed E-state index contributed by atoms with van der Waals surface area (Å²) in [4.78, 5) is 25.4. The maximum atomic E-state index is 12.1. The number of fused-ring (bicyclic) bond motifs is 1. The van der Waals surface area contributed by atoms with Crippen LogP contribution < -0.4 is 5.32 Å². The highest BCUT2D eigenvalue weighted by Gasteiger charge is 2.19. The number of nitrogens with one attached hydrogen (secondary N) is 1. The van der Waals surface area contributed by atoms with E-state index in [1.54, 1.807) is 0 Å². The van der Waals surface area contributed by atoms with Gasteiger partial charge < -0.3 is 14.8 Å². The summed E-state index contributed by atoms with van der Waals surface area (Å²) in [5.74, 6) is 0.236. The average Bonchev–Trinajstić information content (AvgIpc) is 3.10. The molecule has 0 spiro atoms. The lowest BCUT2D eigenvalue weighted by molar-refractivity contribution is -0.127. The van der Waals surface area contributed by atoms with Crippen molar-refractivity contribution in [1.82, 2.24) is 14.8 Å². The van der Waals surface area contributed by atoms with Gasteiger partial charge in [-0.15, -0.1) is 0 Å². The second-order valence-electron chi connectivity index (χ2n) is 5.83. The number of halogens is 1. The van der Waals surface area contributed by atoms with Crippen LogP contribution in [0.1, 0.15) is 19.3 Å². The average molecular weight is 378 g/mol. The zero-order valence-corrected chi connectivity index (χ0v) is 14.5. The van der Waals surface area contributed by atoms with Gasteiger partial charge in [-0.1, -0.05) is 15.9 Å². The molecule has 1 aliphatic rings. The number of benzene rings is 1. The van der Waals surface area contributed by atoms with Gasteiger partial charge in [-0.3, -0.25) is 9.59 Å². The molecule has 1 aromatic heterocycles. The van der Waals surface area contributed by atoms with Gasteiger partial charge in [0.25, 0.3) is 0 Å². The highest BCUT2D eigenvalue weighted by molar-refractivity contribution is 9.10. The molecule has 1 aliphatic heterocycles. The first kappa shape index (κ1) is 16.1. The summed E-state index contributed by atoms with van der Waals surface area (Å²) in [6.07, 6.45) is 4.36. The minimum atomic E-state index is -0.00170. The lowest BCUT2D eigenvalue weighted by Gasteiger charge is -2.15. The van der Waals surface area contributed by atoms with Crippen LogP contribution in [0.15, 0.2) is 34.9 Å². The molecule has 1 aromatic carbocycles. The molecule has 3 rings (SSSR count). The summed E-state index contributed by atoms with van der Waals surface area (Å²) in [6.45, 7) is 2.51. The quantitative estimate of drug-likeness (QED) is 0.786. The zero-order valence-electron chi connectivity index (χ0n) is 12.9. The maximum Gasteiger partial charge on any atom is 0.239 e. The van der Waals surface area contributed by atoms with Crippen molar-refractivity contribution in [3.05, 3.63) is 34.9 Å². The van der Waals surface area contributed by atoms with E-state index in [1.807, 2.05) is 39.9 Å². The van der Waals surface area contributed by atoms with Crippen LogP contribution in [-0.4, -0.2) is 40.9 Å². The minimum Gasteiger partial charge on any atom is -0.354 e. The molecule has 0 atom stereocenters. The van der Waals surface area contributed by atoms with Crippen LogP contribution in [-0.2, 0) is 16.1 Å². The molecule has 5 nitrogen and oxygen atoms in total. The Labute approximate surface area is 143 Å². The fourth-order valence-corrected chi connectivity index (χ4v) is 3.34. The Hall–Kier alpha value is -1.82. The monoisotopic (exact) mass is 377 g/mol. The number of nitrogens with zero attached hydrogens (tertiary/aromatic N) is 2. The highest BCUT2D eigenvalue weighted by Crippen LogP contribution is 2.20. The number of aromatic nitrogens is 1. The van der Waals surface area contributed by atoms with Gasteiger partial charge in [-0.2, -0.15) is 0 Å². The molecular weight excluding hydrogens is 358 g/mol. The number of likely N-dealkylation sites (tertiary alicyclic amines) is 1. The molecule has 2 heterocycles. The summed E-state index contributed by atoms with van der Waals surface area (Å²) < 4.78 is 2.98. The molecule has 1 saturated heterocycles. The van der Waals surface area contributed by atoms with Gasteiger partial charge >= 0.3 is 0 Å². The third-order valence-electron chi connectivity index (χ3n) is 4.15. The van der Waals surface area contributed by atoms with E-state index in [9.17, 15) is 9.59 Å². The topological polar surface area (TPSA) is 54.3 Å². The minimum absolute atomic E-state index is 0.00170. The first-order valence-corrected chi connectivity index (χ1v) is 8.72. The Balaban J connectivity index is 1.46. The van der Waals surface area contributed by atoms with Gasteiger partial charge in [0, 0.05) is 47.6 Å². The predicted octanol–water partition coefficient (Wildman–Crippen LogP) is 2.53. The van der Waals surface area contributed by atoms with Crippen LogP contribution in [0.4, 0.5) is 0 Å². The molecule has 6 heteroatoms. The van der Waals surface area contributed by atoms with E-state index in [-0.39, 0.29) is 11.8 Å². The van der Waals surface area contributed by atoms with Crippen molar-refractivity contribution in [1.29, 1.82) is 0 Å². The van der Waals surface area contributed by atoms with Crippen molar-refractivity contribution in [3.63, 3.8) is 0 Å². The first-order valence-electron chi connectivity index (χ1n) is 7.92. The highest BCUT2D eigenvalue weighted by atomic mass is 79.9. The summed E-state index contributed by atoms with van der Waals surface area (Å²) in [7, 11) is 0. The van der Waals surface area contributed by atoms with Crippen molar-refractivity contribution >= 4 is 38.6 Å². The van der Waals surface area contributed by atoms with Gasteiger partial charge in [0.15, 0.2) is 0 Å². The van der Waals surface area contributed by atoms with Gasteiger partial charge in [0.2, 0.25) is 11.8 Å². The number of carbonyl (C=O) groups excluding carboxylic acids is 2. The van der Waals surface area contributed by atoms with Gasteiger partial charge in [0.1, 0.15) is 6.54 Å². The van der Waals surface area contributed by atoms with Crippen molar-refractivity contribution in [2.75, 3.05) is 19.6 Å². The third kappa shape index (κ3) is 3.93. The number of carbonyl (C=O) groups is 2. The zero-order chi connectivity index (χ0) is 16.2. The van der Waals surface area contributed by atoms with Crippen molar-refractivity contribution in [2.24, 2.45) is 0 Å². The molecule has 0 radical (unpaired) electrons. The number of hydrogen-bond acceptors (Lipinski definition) is 2. The van der Waals surface area contributed by atoms with Gasteiger partial charge in [-0.25, -0.2) is 0 Å². The molecule has 0 bridgehead atoms. The van der Waals surface area contributed by atoms with Gasteiger partial charge in [0.05, 0.1) is 0 Å². The van der Waals surface area contributed by atoms with E-state index in [0.717, 1.165) is 41.3 Å². The molecule has 2 aromatic rings. The van der Waals surface area contributed by atoms with Crippen LogP contribution in [0.2, 0.25) is 0 Å². The van der Waals surface area contributed by atoms with Crippen LogP contribution in [0.3, 0.4) is 0 Å². The summed E-state index contributed by atoms with van der Waals surface area (Å²) in [5, 5.41) is 4.04. The van der Waals surface area contributed by atoms with Crippen molar-refractivity contribution < 1.29 is 9.59 Å². The lowest BCUT2D eigenvalue weighted by atomic mass is 10.2. The van der Waals surface area contributed by atoms with E-state index in [1.165, 1.54) is 0 Å². The second kappa shape index (κ2) is 7.17. The Morgan fingerprint density at radius 1 is 1.30 bits per heavy atom. The van der Waals surface area contributed by atoms with E-state index >= 15 is 0 Å². The Bertz CT molecular complexity index is 726. The van der Waals surface area contributed by atoms with Crippen LogP contribution >= 0.6 is 15.9 Å². The van der Waals surface area contributed by atoms with Crippen molar-refractivity contribution in [3.8, 4) is 0 Å². The fraction of sp³-hybridized carbons (Fsp3) is 0.412. The maximum absolute atomic E-state index is 12.1. The Morgan fingerprint density at radius 2 is 2.17 bits per heavy atom. The van der Waals surface area contributed by atoms with Crippen molar-refractivity contribution in [2.45, 2.75) is 25.8 Å². The Morgan fingerprint density at radius 3 is 2.96 bits per heavy atom. The largest absolute Gasteiger partial charge is 0.354 e. The molecule has 1 N–H and O–H groups in total. The third-order valence-corrected chi connectivity index (χ3v) is 4.64. The Kier molecular flexibility index (Phi) is 5.00. The van der Waals surface area contributed by atoms with Crippen LogP contribution in [0, 0.1) is 0 Å². The normalized spacial score (nSPS) is 14.7. The fourth-order valence-electron chi connectivity index (χ4n) is 2.96. The smallest absolute Gasteiger partial charge is 0.239 e. The summed E-state index contributed by atoms with van der Waals surface area (Å²) in [5.41, 5.74) is 1.05. The van der Waals surface area contributed by atoms with E-state index < -0.39 is 0 Å². The molecule has 122 valence electrons. The number of rotatable bonds is 6. The van der Waals surface area contributed by atoms with E-state index in [4.69, 9.17) is 0 Å². The molecule has 0 saturated carbocycles. The standard InChI is InChI=1S/C17H20BrN3O2/c18-14-4-5-15-13(11-14)6-10-21(15)12-16(22)19-7-2-9-20-8-1-3-17(20)23/h4-6,10-11H,1-3,7-9,12H2,(H,19,22). The molecular formula is C17H20BrN3O2. The van der Waals surface area contributed by atoms with E-state index in [0.29, 0.717) is 19.5 Å². The predicted molar refractivity (Wildman–Crippen MR) is 93.1 cm³/mol.